The van der Waals surface area contributed by atoms with Gasteiger partial charge in [-0.25, -0.2) is 4.79 Å². The SMILES string of the molecule is CCC(=O)C[C@@H]1[C@](C)([C@H](OC(C)=O)c2ccoc2)[C@@H](OC(C)=O)[C@@H](OC(C)=O)[C@@]23OC(=O)O[C@@]12[C@H](O)[C@@]1(O)[C@@H](O)[C@]2(C)C[C@@]1(O)[C@]31COC(=O)C[C@@H]21. The number of carbonyl (C=O) groups is 6. The Hall–Kier alpha value is -4.06. The lowest BCUT2D eigenvalue weighted by atomic mass is 9.32. The van der Waals surface area contributed by atoms with Crippen LogP contribution in [0.2, 0.25) is 0 Å². The van der Waals surface area contributed by atoms with Crippen molar-refractivity contribution in [3.05, 3.63) is 24.2 Å². The zero-order chi connectivity index (χ0) is 38.2. The molecule has 17 heteroatoms. The molecule has 284 valence electrons. The minimum absolute atomic E-state index is 0.129. The number of furan rings is 1. The molecular weight excluding hydrogens is 692 g/mol. The van der Waals surface area contributed by atoms with E-state index in [1.807, 2.05) is 0 Å². The molecule has 14 atom stereocenters. The fourth-order valence-electron chi connectivity index (χ4n) is 11.9. The summed E-state index contributed by atoms with van der Waals surface area (Å²) in [7, 11) is 0. The van der Waals surface area contributed by atoms with Crippen LogP contribution in [-0.4, -0.2) is 110 Å². The predicted octanol–water partition coefficient (Wildman–Crippen LogP) is 0.568. The molecule has 4 saturated carbocycles. The van der Waals surface area contributed by atoms with E-state index in [1.165, 1.54) is 39.4 Å². The first-order valence-corrected chi connectivity index (χ1v) is 17.1. The Morgan fingerprint density at radius 1 is 0.962 bits per heavy atom. The van der Waals surface area contributed by atoms with Gasteiger partial charge in [0.05, 0.1) is 29.5 Å². The summed E-state index contributed by atoms with van der Waals surface area (Å²) in [5, 5.41) is 50.9. The summed E-state index contributed by atoms with van der Waals surface area (Å²) < 4.78 is 41.4. The Kier molecular flexibility index (Phi) is 7.67. The van der Waals surface area contributed by atoms with Gasteiger partial charge in [-0.05, 0) is 18.4 Å². The molecule has 1 spiro atoms. The van der Waals surface area contributed by atoms with E-state index in [0.29, 0.717) is 0 Å². The first-order chi connectivity index (χ1) is 24.2. The number of cyclic esters (lactones) is 1. The van der Waals surface area contributed by atoms with Crippen LogP contribution in [0, 0.1) is 28.1 Å². The van der Waals surface area contributed by atoms with Gasteiger partial charge in [0.25, 0.3) is 0 Å². The molecule has 0 radical (unpaired) electrons. The van der Waals surface area contributed by atoms with Crippen LogP contribution in [-0.2, 0) is 52.4 Å². The average Bonchev–Trinajstić information content (AvgIpc) is 3.79. The van der Waals surface area contributed by atoms with Gasteiger partial charge in [0.1, 0.15) is 30.2 Å². The molecule has 0 amide bonds. The van der Waals surface area contributed by atoms with Gasteiger partial charge in [-0.2, -0.15) is 0 Å². The summed E-state index contributed by atoms with van der Waals surface area (Å²) in [6, 6.07) is 1.41. The molecule has 4 N–H and O–H groups in total. The lowest BCUT2D eigenvalue weighted by Gasteiger charge is -2.76. The van der Waals surface area contributed by atoms with Crippen LogP contribution in [0.15, 0.2) is 23.0 Å². The van der Waals surface area contributed by atoms with Crippen LogP contribution in [0.3, 0.4) is 0 Å². The molecule has 2 bridgehead atoms. The summed E-state index contributed by atoms with van der Waals surface area (Å²) in [6.07, 6.45) is -10.9. The van der Waals surface area contributed by atoms with Crippen LogP contribution in [0.4, 0.5) is 4.79 Å². The molecular formula is C35H42O17. The Bertz CT molecular complexity index is 1760. The maximum atomic E-state index is 14.1. The number of rotatable bonds is 8. The van der Waals surface area contributed by atoms with Gasteiger partial charge in [-0.3, -0.25) is 24.0 Å². The van der Waals surface area contributed by atoms with Crippen LogP contribution in [0.25, 0.3) is 0 Å². The maximum Gasteiger partial charge on any atom is 0.509 e. The lowest BCUT2D eigenvalue weighted by Crippen LogP contribution is -2.97. The number of esters is 4. The minimum atomic E-state index is -2.99. The molecule has 3 heterocycles. The minimum Gasteiger partial charge on any atom is -0.472 e. The van der Waals surface area contributed by atoms with Crippen LogP contribution < -0.4 is 0 Å². The van der Waals surface area contributed by atoms with E-state index < -0.39 is 143 Å². The molecule has 7 rings (SSSR count). The number of Topliss-reactive ketones (excluding diaryl/α,β-unsaturated/α-hetero) is 1. The van der Waals surface area contributed by atoms with Crippen LogP contribution in [0.1, 0.15) is 78.9 Å². The van der Waals surface area contributed by atoms with E-state index >= 15 is 0 Å². The number of aliphatic hydroxyl groups is 4. The molecule has 1 aromatic heterocycles. The predicted molar refractivity (Wildman–Crippen MR) is 165 cm³/mol. The van der Waals surface area contributed by atoms with Gasteiger partial charge in [-0.15, -0.1) is 0 Å². The molecule has 0 aromatic carbocycles. The van der Waals surface area contributed by atoms with Crippen molar-refractivity contribution in [3.8, 4) is 0 Å². The van der Waals surface area contributed by atoms with Crippen molar-refractivity contribution in [1.82, 2.24) is 0 Å². The third-order valence-electron chi connectivity index (χ3n) is 13.5. The van der Waals surface area contributed by atoms with Gasteiger partial charge in [0, 0.05) is 56.9 Å². The topological polar surface area (TPSA) is 252 Å². The summed E-state index contributed by atoms with van der Waals surface area (Å²) in [5.74, 6) is -7.11. The number of hydrogen-bond acceptors (Lipinski definition) is 17. The van der Waals surface area contributed by atoms with Gasteiger partial charge in [-0.1, -0.05) is 20.8 Å². The second-order valence-corrected chi connectivity index (χ2v) is 15.7. The molecule has 6 aliphatic rings. The molecule has 1 aromatic rings. The molecule has 52 heavy (non-hydrogen) atoms. The second-order valence-electron chi connectivity index (χ2n) is 15.7. The normalized spacial score (nSPS) is 47.1. The van der Waals surface area contributed by atoms with Crippen molar-refractivity contribution >= 4 is 35.8 Å². The van der Waals surface area contributed by atoms with Crippen molar-refractivity contribution in [2.75, 3.05) is 6.61 Å². The van der Waals surface area contributed by atoms with Gasteiger partial charge in [0.2, 0.25) is 5.60 Å². The molecule has 4 aliphatic carbocycles. The maximum absolute atomic E-state index is 14.1. The van der Waals surface area contributed by atoms with E-state index in [-0.39, 0.29) is 12.0 Å². The first kappa shape index (κ1) is 36.3. The van der Waals surface area contributed by atoms with Crippen LogP contribution >= 0.6 is 0 Å². The standard InChI is InChI=1S/C35H42O17/c1-7-19(39)10-21-30(6,23(48-15(2)36)18-8-9-46-12-18)24(49-16(3)37)25(50-17(4)38)35-31-14-47-22(40)11-20(31)29(5)13-32(31,44)33(45,26(29)41)27(42)34(21,35)51-28(43)52-35/h8-9,12,20-21,23-27,41-42,44-45H,7,10-11,13-14H2,1-6H3/t20-,21+,23+,24-,25+,26-,27+,29+,30+,31+,32+,33-,34+,35-/m0/s1. The summed E-state index contributed by atoms with van der Waals surface area (Å²) in [4.78, 5) is 80.4. The van der Waals surface area contributed by atoms with E-state index in [4.69, 9.17) is 32.8 Å². The summed E-state index contributed by atoms with van der Waals surface area (Å²) >= 11 is 0. The van der Waals surface area contributed by atoms with E-state index in [1.54, 1.807) is 0 Å². The number of aliphatic hydroxyl groups excluding tert-OH is 2. The van der Waals surface area contributed by atoms with E-state index in [0.717, 1.165) is 20.8 Å². The summed E-state index contributed by atoms with van der Waals surface area (Å²) in [6.45, 7) is 6.72. The number of ether oxygens (including phenoxy) is 6. The van der Waals surface area contributed by atoms with Crippen molar-refractivity contribution in [3.63, 3.8) is 0 Å². The Labute approximate surface area is 296 Å². The Balaban J connectivity index is 1.68. The van der Waals surface area contributed by atoms with Crippen LogP contribution in [0.5, 0.6) is 0 Å². The fourth-order valence-corrected chi connectivity index (χ4v) is 11.9. The number of carbonyl (C=O) groups excluding carboxylic acids is 6. The number of ketones is 1. The zero-order valence-corrected chi connectivity index (χ0v) is 29.4. The highest BCUT2D eigenvalue weighted by atomic mass is 16.8. The Morgan fingerprint density at radius 3 is 2.19 bits per heavy atom. The average molecular weight is 735 g/mol. The second kappa shape index (κ2) is 11.0. The third kappa shape index (κ3) is 3.77. The Morgan fingerprint density at radius 2 is 1.62 bits per heavy atom. The highest BCUT2D eigenvalue weighted by molar-refractivity contribution is 5.80. The molecule has 2 aliphatic heterocycles. The van der Waals surface area contributed by atoms with Gasteiger partial charge < -0.3 is 53.3 Å². The van der Waals surface area contributed by atoms with Gasteiger partial charge >= 0.3 is 30.0 Å². The van der Waals surface area contributed by atoms with E-state index in [9.17, 15) is 49.2 Å². The lowest BCUT2D eigenvalue weighted by molar-refractivity contribution is -0.444. The molecule has 17 nitrogen and oxygen atoms in total. The van der Waals surface area contributed by atoms with Crippen molar-refractivity contribution in [2.24, 2.45) is 28.1 Å². The molecule has 2 saturated heterocycles. The number of hydrogen-bond donors (Lipinski definition) is 4. The highest BCUT2D eigenvalue weighted by Gasteiger charge is 3.04. The highest BCUT2D eigenvalue weighted by Crippen LogP contribution is 2.85. The summed E-state index contributed by atoms with van der Waals surface area (Å²) in [5.41, 5.74) is -17.0. The fraction of sp³-hybridized carbons (Fsp3) is 0.714. The van der Waals surface area contributed by atoms with Crippen molar-refractivity contribution < 1.29 is 82.0 Å². The van der Waals surface area contributed by atoms with Crippen molar-refractivity contribution in [1.29, 1.82) is 0 Å². The molecule has 0 unspecified atom stereocenters. The largest absolute Gasteiger partial charge is 0.509 e. The van der Waals surface area contributed by atoms with Gasteiger partial charge in [0.15, 0.2) is 23.4 Å². The van der Waals surface area contributed by atoms with Crippen molar-refractivity contribution in [2.45, 2.75) is 120 Å². The number of fused-ring (bicyclic) bond motifs is 2. The monoisotopic (exact) mass is 734 g/mol. The van der Waals surface area contributed by atoms with E-state index in [2.05, 4.69) is 0 Å². The third-order valence-corrected chi connectivity index (χ3v) is 13.5. The molecule has 6 fully saturated rings. The smallest absolute Gasteiger partial charge is 0.472 e. The zero-order valence-electron chi connectivity index (χ0n) is 29.4. The quantitative estimate of drug-likeness (QED) is 0.210. The first-order valence-electron chi connectivity index (χ1n) is 17.1.